The van der Waals surface area contributed by atoms with E-state index in [9.17, 15) is 14.7 Å². The second-order valence-corrected chi connectivity index (χ2v) is 6.32. The number of amides is 2. The van der Waals surface area contributed by atoms with Crippen LogP contribution < -0.4 is 5.32 Å². The lowest BCUT2D eigenvalue weighted by molar-refractivity contribution is -0.120. The van der Waals surface area contributed by atoms with Gasteiger partial charge in [-0.3, -0.25) is 9.69 Å². The standard InChI is InChI=1S/C16H17N3O4S/c20-12-8-13(14(21)18-15-17-6-7-24-15)19(9-12)16(22)23-10-11-4-2-1-3-5-11/h1-7,12-13,20H,8-10H2,(H,17,18,21)/t12-,13+/m0/s1. The van der Waals surface area contributed by atoms with Crippen molar-refractivity contribution in [1.82, 2.24) is 9.88 Å². The van der Waals surface area contributed by atoms with Crippen molar-refractivity contribution >= 4 is 28.5 Å². The Morgan fingerprint density at radius 2 is 2.17 bits per heavy atom. The number of β-amino-alcohol motifs (C(OH)–C–C–N with tert-alkyl or cyclic N) is 1. The van der Waals surface area contributed by atoms with Crippen LogP contribution in [0.25, 0.3) is 0 Å². The molecular weight excluding hydrogens is 330 g/mol. The van der Waals surface area contributed by atoms with Crippen molar-refractivity contribution in [2.24, 2.45) is 0 Å². The van der Waals surface area contributed by atoms with Crippen molar-refractivity contribution < 1.29 is 19.4 Å². The summed E-state index contributed by atoms with van der Waals surface area (Å²) in [7, 11) is 0. The van der Waals surface area contributed by atoms with Gasteiger partial charge in [-0.1, -0.05) is 30.3 Å². The first-order valence-electron chi connectivity index (χ1n) is 7.49. The molecule has 1 aromatic carbocycles. The maximum atomic E-state index is 12.3. The van der Waals surface area contributed by atoms with Gasteiger partial charge in [0.15, 0.2) is 5.13 Å². The zero-order valence-corrected chi connectivity index (χ0v) is 13.6. The fraction of sp³-hybridized carbons (Fsp3) is 0.312. The summed E-state index contributed by atoms with van der Waals surface area (Å²) in [6.07, 6.45) is 0.392. The van der Waals surface area contributed by atoms with E-state index in [0.717, 1.165) is 5.56 Å². The van der Waals surface area contributed by atoms with E-state index in [1.807, 2.05) is 30.3 Å². The third-order valence-electron chi connectivity index (χ3n) is 3.68. The molecule has 2 amide bonds. The Labute approximate surface area is 142 Å². The van der Waals surface area contributed by atoms with Crippen molar-refractivity contribution in [3.63, 3.8) is 0 Å². The van der Waals surface area contributed by atoms with Crippen molar-refractivity contribution in [2.75, 3.05) is 11.9 Å². The Bertz CT molecular complexity index is 693. The molecule has 0 unspecified atom stereocenters. The van der Waals surface area contributed by atoms with E-state index in [-0.39, 0.29) is 25.5 Å². The van der Waals surface area contributed by atoms with Crippen molar-refractivity contribution in [3.05, 3.63) is 47.5 Å². The van der Waals surface area contributed by atoms with Gasteiger partial charge in [-0.15, -0.1) is 11.3 Å². The maximum absolute atomic E-state index is 12.3. The molecule has 1 fully saturated rings. The zero-order chi connectivity index (χ0) is 16.9. The van der Waals surface area contributed by atoms with Crippen LogP contribution >= 0.6 is 11.3 Å². The first-order valence-corrected chi connectivity index (χ1v) is 8.37. The molecule has 1 saturated heterocycles. The van der Waals surface area contributed by atoms with Crippen LogP contribution in [0, 0.1) is 0 Å². The molecule has 0 bridgehead atoms. The molecular formula is C16H17N3O4S. The summed E-state index contributed by atoms with van der Waals surface area (Å²) < 4.78 is 5.26. The van der Waals surface area contributed by atoms with Gasteiger partial charge in [-0.05, 0) is 5.56 Å². The average Bonchev–Trinajstić information content (AvgIpc) is 3.23. The fourth-order valence-electron chi connectivity index (χ4n) is 2.54. The largest absolute Gasteiger partial charge is 0.445 e. The quantitative estimate of drug-likeness (QED) is 0.881. The second-order valence-electron chi connectivity index (χ2n) is 5.42. The van der Waals surface area contributed by atoms with Crippen molar-refractivity contribution in [1.29, 1.82) is 0 Å². The van der Waals surface area contributed by atoms with Crippen LogP contribution in [0.15, 0.2) is 41.9 Å². The lowest BCUT2D eigenvalue weighted by Crippen LogP contribution is -2.43. The Morgan fingerprint density at radius 1 is 1.38 bits per heavy atom. The van der Waals surface area contributed by atoms with Gasteiger partial charge in [0.05, 0.1) is 12.6 Å². The molecule has 2 heterocycles. The van der Waals surface area contributed by atoms with Gasteiger partial charge in [0.1, 0.15) is 12.6 Å². The first kappa shape index (κ1) is 16.4. The second kappa shape index (κ2) is 7.41. The molecule has 24 heavy (non-hydrogen) atoms. The number of hydrogen-bond acceptors (Lipinski definition) is 6. The molecule has 1 aromatic heterocycles. The van der Waals surface area contributed by atoms with Gasteiger partial charge in [0, 0.05) is 18.0 Å². The van der Waals surface area contributed by atoms with E-state index in [0.29, 0.717) is 5.13 Å². The number of carbonyl (C=O) groups excluding carboxylic acids is 2. The minimum Gasteiger partial charge on any atom is -0.445 e. The lowest BCUT2D eigenvalue weighted by Gasteiger charge is -2.22. The Balaban J connectivity index is 1.61. The van der Waals surface area contributed by atoms with Crippen LogP contribution in [0.4, 0.5) is 9.93 Å². The normalized spacial score (nSPS) is 20.0. The number of hydrogen-bond donors (Lipinski definition) is 2. The van der Waals surface area contributed by atoms with Gasteiger partial charge < -0.3 is 15.2 Å². The summed E-state index contributed by atoms with van der Waals surface area (Å²) in [5.41, 5.74) is 0.856. The maximum Gasteiger partial charge on any atom is 0.410 e. The fourth-order valence-corrected chi connectivity index (χ4v) is 3.07. The molecule has 1 aliphatic heterocycles. The van der Waals surface area contributed by atoms with Gasteiger partial charge in [-0.2, -0.15) is 0 Å². The molecule has 8 heteroatoms. The number of likely N-dealkylation sites (tertiary alicyclic amines) is 1. The van der Waals surface area contributed by atoms with Crippen LogP contribution in [0.1, 0.15) is 12.0 Å². The number of rotatable bonds is 4. The van der Waals surface area contributed by atoms with Crippen LogP contribution in [0.3, 0.4) is 0 Å². The van der Waals surface area contributed by atoms with Gasteiger partial charge >= 0.3 is 6.09 Å². The number of nitrogens with zero attached hydrogens (tertiary/aromatic N) is 2. The lowest BCUT2D eigenvalue weighted by atomic mass is 10.2. The molecule has 0 radical (unpaired) electrons. The molecule has 0 saturated carbocycles. The zero-order valence-electron chi connectivity index (χ0n) is 12.8. The summed E-state index contributed by atoms with van der Waals surface area (Å²) in [5, 5.41) is 14.7. The number of aromatic nitrogens is 1. The number of thiazole rings is 1. The predicted molar refractivity (Wildman–Crippen MR) is 88.5 cm³/mol. The summed E-state index contributed by atoms with van der Waals surface area (Å²) >= 11 is 1.29. The van der Waals surface area contributed by atoms with E-state index in [4.69, 9.17) is 4.74 Å². The molecule has 0 aliphatic carbocycles. The van der Waals surface area contributed by atoms with E-state index < -0.39 is 18.2 Å². The number of ether oxygens (including phenoxy) is 1. The van der Waals surface area contributed by atoms with E-state index in [1.54, 1.807) is 11.6 Å². The van der Waals surface area contributed by atoms with Crippen LogP contribution in [-0.4, -0.2) is 45.7 Å². The Hall–Kier alpha value is -2.45. The number of aliphatic hydroxyl groups excluding tert-OH is 1. The van der Waals surface area contributed by atoms with Crippen LogP contribution in [0.5, 0.6) is 0 Å². The molecule has 1 aliphatic rings. The smallest absolute Gasteiger partial charge is 0.410 e. The van der Waals surface area contributed by atoms with E-state index >= 15 is 0 Å². The number of nitrogens with one attached hydrogen (secondary N) is 1. The monoisotopic (exact) mass is 347 g/mol. The first-order chi connectivity index (χ1) is 11.6. The van der Waals surface area contributed by atoms with Gasteiger partial charge in [0.25, 0.3) is 0 Å². The van der Waals surface area contributed by atoms with Crippen LogP contribution in [0.2, 0.25) is 0 Å². The van der Waals surface area contributed by atoms with Crippen molar-refractivity contribution in [3.8, 4) is 0 Å². The minimum atomic E-state index is -0.771. The molecule has 126 valence electrons. The minimum absolute atomic E-state index is 0.0730. The van der Waals surface area contributed by atoms with Gasteiger partial charge in [0.2, 0.25) is 5.91 Å². The number of benzene rings is 1. The molecule has 7 nitrogen and oxygen atoms in total. The highest BCUT2D eigenvalue weighted by atomic mass is 32.1. The highest BCUT2D eigenvalue weighted by molar-refractivity contribution is 7.13. The summed E-state index contributed by atoms with van der Waals surface area (Å²) in [6.45, 7) is 0.191. The number of anilines is 1. The third-order valence-corrected chi connectivity index (χ3v) is 4.37. The average molecular weight is 347 g/mol. The SMILES string of the molecule is O=C(Nc1nccs1)[C@H]1C[C@H](O)CN1C(=O)OCc1ccccc1. The molecule has 3 rings (SSSR count). The van der Waals surface area contributed by atoms with E-state index in [1.165, 1.54) is 16.2 Å². The number of aliphatic hydroxyl groups is 1. The molecule has 2 N–H and O–H groups in total. The summed E-state index contributed by atoms with van der Waals surface area (Å²) in [6, 6.07) is 8.51. The van der Waals surface area contributed by atoms with Crippen molar-refractivity contribution in [2.45, 2.75) is 25.2 Å². The van der Waals surface area contributed by atoms with E-state index in [2.05, 4.69) is 10.3 Å². The summed E-state index contributed by atoms with van der Waals surface area (Å²) in [5.74, 6) is -0.377. The number of carbonyl (C=O) groups is 2. The van der Waals surface area contributed by atoms with Crippen LogP contribution in [-0.2, 0) is 16.1 Å². The predicted octanol–water partition coefficient (Wildman–Crippen LogP) is 1.85. The molecule has 2 atom stereocenters. The molecule has 0 spiro atoms. The Morgan fingerprint density at radius 3 is 2.88 bits per heavy atom. The topological polar surface area (TPSA) is 91.8 Å². The Kier molecular flexibility index (Phi) is 5.07. The summed E-state index contributed by atoms with van der Waals surface area (Å²) in [4.78, 5) is 29.9. The molecule has 2 aromatic rings. The van der Waals surface area contributed by atoms with Gasteiger partial charge in [-0.25, -0.2) is 9.78 Å². The highest BCUT2D eigenvalue weighted by Gasteiger charge is 2.40. The highest BCUT2D eigenvalue weighted by Crippen LogP contribution is 2.22. The third kappa shape index (κ3) is 3.90.